The molecule has 6 nitrogen and oxygen atoms in total. The number of hydrogen-bond acceptors (Lipinski definition) is 4. The number of para-hydroxylation sites is 2. The van der Waals surface area contributed by atoms with Crippen molar-refractivity contribution in [3.63, 3.8) is 0 Å². The number of carbonyl (C=O) groups excluding carboxylic acids is 1. The summed E-state index contributed by atoms with van der Waals surface area (Å²) in [5, 5.41) is 3.45. The van der Waals surface area contributed by atoms with Crippen molar-refractivity contribution in [3.8, 4) is 5.75 Å². The van der Waals surface area contributed by atoms with E-state index in [0.29, 0.717) is 16.5 Å². The molecule has 1 amide bonds. The minimum absolute atomic E-state index is 0.0965. The van der Waals surface area contributed by atoms with Crippen LogP contribution in [0.15, 0.2) is 71.6 Å². The second-order valence-corrected chi connectivity index (χ2v) is 11.0. The monoisotopic (exact) mass is 496 g/mol. The zero-order valence-corrected chi connectivity index (χ0v) is 20.3. The highest BCUT2D eigenvalue weighted by atomic mass is 35.5. The Morgan fingerprint density at radius 2 is 1.79 bits per heavy atom. The van der Waals surface area contributed by atoms with Crippen LogP contribution in [0.25, 0.3) is 0 Å². The molecule has 0 saturated heterocycles. The molecular formula is C26H25ClN2O4S. The number of benzene rings is 3. The number of nitrogens with zero attached hydrogens (tertiary/aromatic N) is 1. The van der Waals surface area contributed by atoms with Gasteiger partial charge in [-0.15, -0.1) is 0 Å². The standard InChI is InChI=1S/C26H25ClN2O4S/c1-17(19-10-9-18-5-4-6-20(18)15-19)28-26(30)25-16-29(23-7-2-3-8-24(23)33-25)34(31,32)22-13-11-21(27)12-14-22/h2-3,7-15,17,25H,4-6,16H2,1H3,(H,28,30)/t17-,25+/m0/s1. The lowest BCUT2D eigenvalue weighted by molar-refractivity contribution is -0.128. The molecule has 0 fully saturated rings. The van der Waals surface area contributed by atoms with Crippen LogP contribution in [0.3, 0.4) is 0 Å². The summed E-state index contributed by atoms with van der Waals surface area (Å²) in [5.41, 5.74) is 4.13. The SMILES string of the molecule is C[C@H](NC(=O)[C@H]1CN(S(=O)(=O)c2ccc(Cl)cc2)c2ccccc2O1)c1ccc2c(c1)CCC2. The third-order valence-electron chi connectivity index (χ3n) is 6.41. The summed E-state index contributed by atoms with van der Waals surface area (Å²) in [7, 11) is -3.93. The Morgan fingerprint density at radius 1 is 1.06 bits per heavy atom. The highest BCUT2D eigenvalue weighted by Gasteiger charge is 2.37. The zero-order chi connectivity index (χ0) is 23.9. The first kappa shape index (κ1) is 22.7. The lowest BCUT2D eigenvalue weighted by atomic mass is 10.0. The second-order valence-electron chi connectivity index (χ2n) is 8.68. The lowest BCUT2D eigenvalue weighted by Gasteiger charge is -2.35. The summed E-state index contributed by atoms with van der Waals surface area (Å²) in [6.07, 6.45) is 2.33. The molecule has 0 unspecified atom stereocenters. The summed E-state index contributed by atoms with van der Waals surface area (Å²) >= 11 is 5.94. The summed E-state index contributed by atoms with van der Waals surface area (Å²) in [4.78, 5) is 13.3. The molecule has 0 bridgehead atoms. The van der Waals surface area contributed by atoms with Crippen LogP contribution in [0.1, 0.15) is 36.1 Å². The third kappa shape index (κ3) is 4.26. The maximum atomic E-state index is 13.5. The van der Waals surface area contributed by atoms with Crippen molar-refractivity contribution < 1.29 is 17.9 Å². The van der Waals surface area contributed by atoms with E-state index in [1.165, 1.54) is 39.7 Å². The molecule has 0 spiro atoms. The second kappa shape index (κ2) is 8.96. The number of ether oxygens (including phenoxy) is 1. The summed E-state index contributed by atoms with van der Waals surface area (Å²) < 4.78 is 34.1. The smallest absolute Gasteiger partial charge is 0.264 e. The topological polar surface area (TPSA) is 75.7 Å². The highest BCUT2D eigenvalue weighted by molar-refractivity contribution is 7.92. The van der Waals surface area contributed by atoms with E-state index < -0.39 is 16.1 Å². The molecule has 3 aromatic carbocycles. The number of hydrogen-bond donors (Lipinski definition) is 1. The van der Waals surface area contributed by atoms with Gasteiger partial charge in [-0.2, -0.15) is 0 Å². The van der Waals surface area contributed by atoms with Crippen molar-refractivity contribution in [1.82, 2.24) is 5.32 Å². The molecule has 1 heterocycles. The molecule has 2 aliphatic rings. The van der Waals surface area contributed by atoms with Gasteiger partial charge in [0.1, 0.15) is 5.75 Å². The number of fused-ring (bicyclic) bond motifs is 2. The fraction of sp³-hybridized carbons (Fsp3) is 0.269. The van der Waals surface area contributed by atoms with Crippen LogP contribution in [0, 0.1) is 0 Å². The van der Waals surface area contributed by atoms with Gasteiger partial charge in [0.25, 0.3) is 15.9 Å². The van der Waals surface area contributed by atoms with Gasteiger partial charge in [0.15, 0.2) is 6.10 Å². The lowest BCUT2D eigenvalue weighted by Crippen LogP contribution is -2.51. The van der Waals surface area contributed by atoms with Crippen molar-refractivity contribution >= 4 is 33.2 Å². The zero-order valence-electron chi connectivity index (χ0n) is 18.7. The van der Waals surface area contributed by atoms with E-state index in [2.05, 4.69) is 17.4 Å². The number of rotatable bonds is 5. The molecule has 0 radical (unpaired) electrons. The maximum absolute atomic E-state index is 13.5. The van der Waals surface area contributed by atoms with Crippen LogP contribution < -0.4 is 14.4 Å². The molecule has 1 aliphatic heterocycles. The van der Waals surface area contributed by atoms with Gasteiger partial charge in [0.05, 0.1) is 23.2 Å². The number of anilines is 1. The molecule has 176 valence electrons. The van der Waals surface area contributed by atoms with Gasteiger partial charge in [-0.05, 0) is 79.3 Å². The Bertz CT molecular complexity index is 1340. The average Bonchev–Trinajstić information content (AvgIpc) is 3.31. The van der Waals surface area contributed by atoms with Crippen molar-refractivity contribution in [2.24, 2.45) is 0 Å². The number of carbonyl (C=O) groups is 1. The quantitative estimate of drug-likeness (QED) is 0.557. The molecule has 0 aromatic heterocycles. The number of sulfonamides is 1. The third-order valence-corrected chi connectivity index (χ3v) is 8.46. The van der Waals surface area contributed by atoms with Gasteiger partial charge in [-0.25, -0.2) is 8.42 Å². The first-order valence-corrected chi connectivity index (χ1v) is 13.1. The minimum Gasteiger partial charge on any atom is -0.476 e. The van der Waals surface area contributed by atoms with Crippen LogP contribution >= 0.6 is 11.6 Å². The minimum atomic E-state index is -3.93. The normalized spacial score (nSPS) is 17.9. The molecule has 5 rings (SSSR count). The van der Waals surface area contributed by atoms with E-state index in [1.54, 1.807) is 24.3 Å². The predicted octanol–water partition coefficient (Wildman–Crippen LogP) is 4.66. The van der Waals surface area contributed by atoms with Crippen LogP contribution in [0.5, 0.6) is 5.75 Å². The van der Waals surface area contributed by atoms with Crippen LogP contribution in [-0.2, 0) is 27.7 Å². The molecule has 1 aliphatic carbocycles. The first-order valence-electron chi connectivity index (χ1n) is 11.3. The number of nitrogens with one attached hydrogen (secondary N) is 1. The predicted molar refractivity (Wildman–Crippen MR) is 132 cm³/mol. The maximum Gasteiger partial charge on any atom is 0.264 e. The van der Waals surface area contributed by atoms with Gasteiger partial charge in [0, 0.05) is 5.02 Å². The van der Waals surface area contributed by atoms with Crippen LogP contribution in [0.2, 0.25) is 5.02 Å². The van der Waals surface area contributed by atoms with Crippen molar-refractivity contribution in [1.29, 1.82) is 0 Å². The summed E-state index contributed by atoms with van der Waals surface area (Å²) in [5.74, 6) is -0.0181. The van der Waals surface area contributed by atoms with Gasteiger partial charge in [-0.3, -0.25) is 9.10 Å². The molecule has 34 heavy (non-hydrogen) atoms. The van der Waals surface area contributed by atoms with E-state index >= 15 is 0 Å². The van der Waals surface area contributed by atoms with Crippen LogP contribution in [-0.4, -0.2) is 27.0 Å². The number of aryl methyl sites for hydroxylation is 2. The Labute approximate surface area is 204 Å². The fourth-order valence-electron chi connectivity index (χ4n) is 4.55. The van der Waals surface area contributed by atoms with Crippen molar-refractivity contribution in [3.05, 3.63) is 88.4 Å². The van der Waals surface area contributed by atoms with E-state index in [-0.39, 0.29) is 23.4 Å². The molecule has 8 heteroatoms. The van der Waals surface area contributed by atoms with Gasteiger partial charge in [-0.1, -0.05) is 41.9 Å². The molecule has 2 atom stereocenters. The van der Waals surface area contributed by atoms with Gasteiger partial charge >= 0.3 is 0 Å². The van der Waals surface area contributed by atoms with E-state index in [4.69, 9.17) is 16.3 Å². The summed E-state index contributed by atoms with van der Waals surface area (Å²) in [6, 6.07) is 18.9. The first-order chi connectivity index (χ1) is 16.3. The van der Waals surface area contributed by atoms with Crippen molar-refractivity contribution in [2.45, 2.75) is 43.2 Å². The van der Waals surface area contributed by atoms with Crippen LogP contribution in [0.4, 0.5) is 5.69 Å². The molecular weight excluding hydrogens is 472 g/mol. The Balaban J connectivity index is 1.40. The fourth-order valence-corrected chi connectivity index (χ4v) is 6.15. The number of halogens is 1. The van der Waals surface area contributed by atoms with Gasteiger partial charge < -0.3 is 10.1 Å². The van der Waals surface area contributed by atoms with E-state index in [0.717, 1.165) is 24.8 Å². The van der Waals surface area contributed by atoms with Gasteiger partial charge in [0.2, 0.25) is 0 Å². The Hall–Kier alpha value is -3.03. The molecule has 1 N–H and O–H groups in total. The molecule has 3 aromatic rings. The number of amides is 1. The average molecular weight is 497 g/mol. The largest absolute Gasteiger partial charge is 0.476 e. The Morgan fingerprint density at radius 3 is 2.59 bits per heavy atom. The Kier molecular flexibility index (Phi) is 6.00. The summed E-state index contributed by atoms with van der Waals surface area (Å²) in [6.45, 7) is 1.79. The van der Waals surface area contributed by atoms with E-state index in [1.807, 2.05) is 13.0 Å². The van der Waals surface area contributed by atoms with Crippen molar-refractivity contribution in [2.75, 3.05) is 10.8 Å². The molecule has 0 saturated carbocycles. The highest BCUT2D eigenvalue weighted by Crippen LogP contribution is 2.37. The van der Waals surface area contributed by atoms with E-state index in [9.17, 15) is 13.2 Å².